The molecule has 1 aromatic rings. The second-order valence-corrected chi connectivity index (χ2v) is 6.18. The van der Waals surface area contributed by atoms with E-state index in [1.54, 1.807) is 0 Å². The minimum absolute atomic E-state index is 0.00787. The number of anilines is 1. The van der Waals surface area contributed by atoms with E-state index in [-0.39, 0.29) is 16.3 Å². The van der Waals surface area contributed by atoms with Gasteiger partial charge in [-0.1, -0.05) is 17.7 Å². The molecule has 0 aliphatic heterocycles. The highest BCUT2D eigenvalue weighted by Crippen LogP contribution is 2.32. The van der Waals surface area contributed by atoms with Crippen molar-refractivity contribution < 1.29 is 18.3 Å². The van der Waals surface area contributed by atoms with Crippen LogP contribution in [0.4, 0.5) is 5.69 Å². The smallest absolute Gasteiger partial charge is 0.339 e. The Hall–Kier alpha value is -1.27. The van der Waals surface area contributed by atoms with Crippen molar-refractivity contribution in [3.05, 3.63) is 28.8 Å². The summed E-state index contributed by atoms with van der Waals surface area (Å²) in [7, 11) is -3.48. The lowest BCUT2D eigenvalue weighted by atomic mass is 10.2. The number of sulfonamides is 1. The molecule has 1 aromatic carbocycles. The van der Waals surface area contributed by atoms with E-state index >= 15 is 0 Å². The predicted molar refractivity (Wildman–Crippen MR) is 64.0 cm³/mol. The molecule has 1 aliphatic rings. The molecule has 1 aliphatic carbocycles. The van der Waals surface area contributed by atoms with Crippen LogP contribution in [0.1, 0.15) is 23.2 Å². The lowest BCUT2D eigenvalue weighted by molar-refractivity contribution is 0.0698. The Balaban J connectivity index is 2.39. The Morgan fingerprint density at radius 3 is 2.59 bits per heavy atom. The number of nitrogens with one attached hydrogen (secondary N) is 1. The molecule has 0 atom stereocenters. The summed E-state index contributed by atoms with van der Waals surface area (Å²) >= 11 is 5.73. The maximum Gasteiger partial charge on any atom is 0.339 e. The SMILES string of the molecule is O=C(O)c1c(Cl)cccc1NS(=O)(=O)C1CC1. The molecule has 2 rings (SSSR count). The third-order valence-corrected chi connectivity index (χ3v) is 4.61. The van der Waals surface area contributed by atoms with Crippen molar-refractivity contribution >= 4 is 33.3 Å². The van der Waals surface area contributed by atoms with E-state index in [4.69, 9.17) is 16.7 Å². The normalized spacial score (nSPS) is 15.6. The average molecular weight is 276 g/mol. The topological polar surface area (TPSA) is 83.5 Å². The monoisotopic (exact) mass is 275 g/mol. The number of halogens is 1. The first-order chi connectivity index (χ1) is 7.92. The summed E-state index contributed by atoms with van der Waals surface area (Å²) in [4.78, 5) is 11.0. The summed E-state index contributed by atoms with van der Waals surface area (Å²) in [6.07, 6.45) is 1.22. The highest BCUT2D eigenvalue weighted by Gasteiger charge is 2.36. The number of benzene rings is 1. The largest absolute Gasteiger partial charge is 0.478 e. The van der Waals surface area contributed by atoms with Crippen LogP contribution in [0, 0.1) is 0 Å². The molecule has 0 spiro atoms. The number of carbonyl (C=O) groups is 1. The third kappa shape index (κ3) is 2.53. The summed E-state index contributed by atoms with van der Waals surface area (Å²) in [5.74, 6) is -1.26. The van der Waals surface area contributed by atoms with Gasteiger partial charge in [0.15, 0.2) is 0 Å². The van der Waals surface area contributed by atoms with Gasteiger partial charge >= 0.3 is 5.97 Å². The maximum atomic E-state index is 11.7. The van der Waals surface area contributed by atoms with Crippen LogP contribution in [0.3, 0.4) is 0 Å². The number of carboxylic acids is 1. The summed E-state index contributed by atoms with van der Waals surface area (Å²) < 4.78 is 25.7. The molecule has 1 fully saturated rings. The van der Waals surface area contributed by atoms with Crippen LogP contribution in [0.15, 0.2) is 18.2 Å². The third-order valence-electron chi connectivity index (χ3n) is 2.44. The average Bonchev–Trinajstić information content (AvgIpc) is 2.98. The van der Waals surface area contributed by atoms with E-state index in [1.165, 1.54) is 18.2 Å². The van der Waals surface area contributed by atoms with Gasteiger partial charge in [-0.3, -0.25) is 4.72 Å². The van der Waals surface area contributed by atoms with Crippen LogP contribution >= 0.6 is 11.6 Å². The van der Waals surface area contributed by atoms with Gasteiger partial charge in [-0.25, -0.2) is 13.2 Å². The van der Waals surface area contributed by atoms with E-state index in [2.05, 4.69) is 4.72 Å². The zero-order valence-corrected chi connectivity index (χ0v) is 10.3. The van der Waals surface area contributed by atoms with Crippen molar-refractivity contribution in [2.24, 2.45) is 0 Å². The quantitative estimate of drug-likeness (QED) is 0.880. The number of hydrogen-bond acceptors (Lipinski definition) is 3. The molecular weight excluding hydrogens is 266 g/mol. The highest BCUT2D eigenvalue weighted by atomic mass is 35.5. The van der Waals surface area contributed by atoms with Crippen LogP contribution in [-0.2, 0) is 10.0 Å². The lowest BCUT2D eigenvalue weighted by Crippen LogP contribution is -2.19. The molecule has 17 heavy (non-hydrogen) atoms. The molecule has 7 heteroatoms. The number of carboxylic acid groups (broad SMARTS) is 1. The van der Waals surface area contributed by atoms with Crippen molar-refractivity contribution in [3.8, 4) is 0 Å². The maximum absolute atomic E-state index is 11.7. The van der Waals surface area contributed by atoms with E-state index in [0.717, 1.165) is 0 Å². The van der Waals surface area contributed by atoms with E-state index in [9.17, 15) is 13.2 Å². The minimum Gasteiger partial charge on any atom is -0.478 e. The van der Waals surface area contributed by atoms with Crippen LogP contribution in [0.25, 0.3) is 0 Å². The first-order valence-corrected chi connectivity index (χ1v) is 6.87. The summed E-state index contributed by atoms with van der Waals surface area (Å²) in [6, 6.07) is 4.29. The van der Waals surface area contributed by atoms with Crippen LogP contribution in [-0.4, -0.2) is 24.7 Å². The molecular formula is C10H10ClNO4S. The molecule has 5 nitrogen and oxygen atoms in total. The van der Waals surface area contributed by atoms with Gasteiger partial charge in [-0.2, -0.15) is 0 Å². The van der Waals surface area contributed by atoms with Crippen LogP contribution in [0.2, 0.25) is 5.02 Å². The zero-order chi connectivity index (χ0) is 12.6. The van der Waals surface area contributed by atoms with Crippen molar-refractivity contribution in [3.63, 3.8) is 0 Å². The Bertz CT molecular complexity index is 566. The molecule has 0 amide bonds. The predicted octanol–water partition coefficient (Wildman–Crippen LogP) is 1.94. The van der Waals surface area contributed by atoms with Crippen molar-refractivity contribution in [2.45, 2.75) is 18.1 Å². The van der Waals surface area contributed by atoms with E-state index in [0.29, 0.717) is 12.8 Å². The minimum atomic E-state index is -3.48. The van der Waals surface area contributed by atoms with Gasteiger partial charge < -0.3 is 5.11 Å². The standard InChI is InChI=1S/C10H10ClNO4S/c11-7-2-1-3-8(9(7)10(13)14)12-17(15,16)6-4-5-6/h1-3,6,12H,4-5H2,(H,13,14). The van der Waals surface area contributed by atoms with E-state index in [1.807, 2.05) is 0 Å². The highest BCUT2D eigenvalue weighted by molar-refractivity contribution is 7.93. The van der Waals surface area contributed by atoms with Crippen molar-refractivity contribution in [1.29, 1.82) is 0 Å². The molecule has 0 saturated heterocycles. The molecule has 0 radical (unpaired) electrons. The van der Waals surface area contributed by atoms with Gasteiger partial charge in [0, 0.05) is 0 Å². The molecule has 1 saturated carbocycles. The van der Waals surface area contributed by atoms with Crippen molar-refractivity contribution in [2.75, 3.05) is 4.72 Å². The second kappa shape index (κ2) is 4.19. The van der Waals surface area contributed by atoms with Gasteiger partial charge in [-0.05, 0) is 25.0 Å². The zero-order valence-electron chi connectivity index (χ0n) is 8.68. The molecule has 0 aromatic heterocycles. The first-order valence-electron chi connectivity index (χ1n) is 4.95. The van der Waals surface area contributed by atoms with E-state index < -0.39 is 21.2 Å². The summed E-state index contributed by atoms with van der Waals surface area (Å²) in [5.41, 5.74) is -0.213. The van der Waals surface area contributed by atoms with Gasteiger partial charge in [0.05, 0.1) is 16.0 Å². The Morgan fingerprint density at radius 2 is 2.06 bits per heavy atom. The Kier molecular flexibility index (Phi) is 3.01. The fourth-order valence-electron chi connectivity index (χ4n) is 1.44. The lowest BCUT2D eigenvalue weighted by Gasteiger charge is -2.10. The fraction of sp³-hybridized carbons (Fsp3) is 0.300. The second-order valence-electron chi connectivity index (χ2n) is 3.81. The molecule has 0 bridgehead atoms. The first kappa shape index (κ1) is 12.2. The van der Waals surface area contributed by atoms with Crippen LogP contribution < -0.4 is 4.72 Å². The fourth-order valence-corrected chi connectivity index (χ4v) is 3.10. The van der Waals surface area contributed by atoms with Crippen molar-refractivity contribution in [1.82, 2.24) is 0 Å². The van der Waals surface area contributed by atoms with Gasteiger partial charge in [0.25, 0.3) is 0 Å². The van der Waals surface area contributed by atoms with Gasteiger partial charge in [0.2, 0.25) is 10.0 Å². The molecule has 0 unspecified atom stereocenters. The number of rotatable bonds is 4. The molecule has 92 valence electrons. The summed E-state index contributed by atoms with van der Waals surface area (Å²) in [6.45, 7) is 0. The van der Waals surface area contributed by atoms with Crippen LogP contribution in [0.5, 0.6) is 0 Å². The van der Waals surface area contributed by atoms with Gasteiger partial charge in [0.1, 0.15) is 5.56 Å². The Morgan fingerprint density at radius 1 is 1.41 bits per heavy atom. The Labute approximate surface area is 103 Å². The summed E-state index contributed by atoms with van der Waals surface area (Å²) in [5, 5.41) is 8.57. The number of aromatic carboxylic acids is 1. The molecule has 2 N–H and O–H groups in total. The van der Waals surface area contributed by atoms with Gasteiger partial charge in [-0.15, -0.1) is 0 Å². The number of hydrogen-bond donors (Lipinski definition) is 2. The molecule has 0 heterocycles.